The van der Waals surface area contributed by atoms with Crippen molar-refractivity contribution in [3.8, 4) is 0 Å². The monoisotopic (exact) mass is 293 g/mol. The molecule has 0 radical (unpaired) electrons. The summed E-state index contributed by atoms with van der Waals surface area (Å²) in [6.07, 6.45) is 0. The normalized spacial score (nSPS) is 10.5. The maximum Gasteiger partial charge on any atom is 0.253 e. The lowest BCUT2D eigenvalue weighted by Crippen LogP contribution is -2.25. The summed E-state index contributed by atoms with van der Waals surface area (Å²) in [6.45, 7) is 0.219. The Morgan fingerprint density at radius 2 is 1.94 bits per heavy atom. The van der Waals surface area contributed by atoms with Crippen LogP contribution in [-0.2, 0) is 4.74 Å². The fourth-order valence-corrected chi connectivity index (χ4v) is 1.98. The lowest BCUT2D eigenvalue weighted by atomic mass is 10.1. The van der Waals surface area contributed by atoms with Gasteiger partial charge in [-0.05, 0) is 35.0 Å². The standard InChI is InChI=1S/C13H12BrNO2/c1-17-8-15-13(16)11-3-2-10-7-12(14)5-4-9(10)6-11/h2-7H,8H2,1H3,(H,15,16). The third-order valence-electron chi connectivity index (χ3n) is 2.44. The van der Waals surface area contributed by atoms with Gasteiger partial charge < -0.3 is 10.1 Å². The molecule has 0 heterocycles. The van der Waals surface area contributed by atoms with Gasteiger partial charge in [-0.15, -0.1) is 0 Å². The van der Waals surface area contributed by atoms with Crippen LogP contribution in [0.25, 0.3) is 10.8 Å². The maximum absolute atomic E-state index is 11.7. The van der Waals surface area contributed by atoms with Gasteiger partial charge in [-0.25, -0.2) is 0 Å². The van der Waals surface area contributed by atoms with Gasteiger partial charge in [0.1, 0.15) is 6.73 Å². The van der Waals surface area contributed by atoms with Gasteiger partial charge in [-0.2, -0.15) is 0 Å². The van der Waals surface area contributed by atoms with Crippen molar-refractivity contribution in [2.45, 2.75) is 0 Å². The van der Waals surface area contributed by atoms with Crippen LogP contribution in [0.5, 0.6) is 0 Å². The van der Waals surface area contributed by atoms with E-state index in [-0.39, 0.29) is 12.6 Å². The summed E-state index contributed by atoms with van der Waals surface area (Å²) in [5, 5.41) is 4.79. The molecule has 4 heteroatoms. The van der Waals surface area contributed by atoms with Crippen molar-refractivity contribution in [3.05, 3.63) is 46.4 Å². The Morgan fingerprint density at radius 1 is 1.24 bits per heavy atom. The van der Waals surface area contributed by atoms with Crippen molar-refractivity contribution < 1.29 is 9.53 Å². The number of halogens is 1. The molecule has 2 aromatic carbocycles. The predicted octanol–water partition coefficient (Wildman–Crippen LogP) is 2.94. The molecule has 0 unspecified atom stereocenters. The predicted molar refractivity (Wildman–Crippen MR) is 71.0 cm³/mol. The number of carbonyl (C=O) groups is 1. The minimum absolute atomic E-state index is 0.128. The molecule has 0 saturated carbocycles. The summed E-state index contributed by atoms with van der Waals surface area (Å²) in [4.78, 5) is 11.7. The van der Waals surface area contributed by atoms with Gasteiger partial charge in [0.25, 0.3) is 5.91 Å². The molecule has 0 aliphatic carbocycles. The van der Waals surface area contributed by atoms with Crippen LogP contribution in [0, 0.1) is 0 Å². The lowest BCUT2D eigenvalue weighted by Gasteiger charge is -2.05. The molecule has 2 rings (SSSR count). The van der Waals surface area contributed by atoms with E-state index in [1.165, 1.54) is 7.11 Å². The molecule has 17 heavy (non-hydrogen) atoms. The van der Waals surface area contributed by atoms with E-state index in [0.717, 1.165) is 15.2 Å². The van der Waals surface area contributed by atoms with Crippen LogP contribution >= 0.6 is 15.9 Å². The molecule has 0 saturated heterocycles. The summed E-state index contributed by atoms with van der Waals surface area (Å²) in [5.74, 6) is -0.128. The van der Waals surface area contributed by atoms with Crippen LogP contribution in [-0.4, -0.2) is 19.7 Å². The lowest BCUT2D eigenvalue weighted by molar-refractivity contribution is 0.0872. The average Bonchev–Trinajstić information content (AvgIpc) is 2.35. The molecule has 0 bridgehead atoms. The van der Waals surface area contributed by atoms with Crippen molar-refractivity contribution in [2.24, 2.45) is 0 Å². The summed E-state index contributed by atoms with van der Waals surface area (Å²) >= 11 is 3.42. The zero-order chi connectivity index (χ0) is 12.3. The van der Waals surface area contributed by atoms with E-state index in [4.69, 9.17) is 4.74 Å². The molecule has 0 fully saturated rings. The first-order chi connectivity index (χ1) is 8.20. The highest BCUT2D eigenvalue weighted by Gasteiger charge is 2.05. The highest BCUT2D eigenvalue weighted by Crippen LogP contribution is 2.20. The number of methoxy groups -OCH3 is 1. The number of hydrogen-bond donors (Lipinski definition) is 1. The van der Waals surface area contributed by atoms with Gasteiger partial charge in [0.15, 0.2) is 0 Å². The largest absolute Gasteiger partial charge is 0.364 e. The van der Waals surface area contributed by atoms with Crippen molar-refractivity contribution in [1.29, 1.82) is 0 Å². The Morgan fingerprint density at radius 3 is 2.71 bits per heavy atom. The number of amides is 1. The second-order valence-electron chi connectivity index (χ2n) is 3.65. The maximum atomic E-state index is 11.7. The Kier molecular flexibility index (Phi) is 3.76. The first-order valence-electron chi connectivity index (χ1n) is 5.17. The molecule has 3 nitrogen and oxygen atoms in total. The summed E-state index contributed by atoms with van der Waals surface area (Å²) in [7, 11) is 1.54. The van der Waals surface area contributed by atoms with Crippen LogP contribution in [0.4, 0.5) is 0 Å². The van der Waals surface area contributed by atoms with Crippen LogP contribution in [0.2, 0.25) is 0 Å². The number of carbonyl (C=O) groups excluding carboxylic acids is 1. The number of nitrogens with one attached hydrogen (secondary N) is 1. The van der Waals surface area contributed by atoms with Gasteiger partial charge >= 0.3 is 0 Å². The summed E-state index contributed by atoms with van der Waals surface area (Å²) in [5.41, 5.74) is 0.636. The summed E-state index contributed by atoms with van der Waals surface area (Å²) < 4.78 is 5.83. The third-order valence-corrected chi connectivity index (χ3v) is 2.93. The zero-order valence-electron chi connectivity index (χ0n) is 9.37. The minimum atomic E-state index is -0.128. The van der Waals surface area contributed by atoms with E-state index >= 15 is 0 Å². The Bertz CT molecular complexity index is 554. The number of benzene rings is 2. The van der Waals surface area contributed by atoms with Crippen molar-refractivity contribution in [2.75, 3.05) is 13.8 Å². The van der Waals surface area contributed by atoms with Gasteiger partial charge in [0, 0.05) is 17.1 Å². The Hall–Kier alpha value is -1.39. The van der Waals surface area contributed by atoms with Crippen LogP contribution in [0.3, 0.4) is 0 Å². The molecule has 1 N–H and O–H groups in total. The van der Waals surface area contributed by atoms with Crippen molar-refractivity contribution in [1.82, 2.24) is 5.32 Å². The zero-order valence-corrected chi connectivity index (χ0v) is 11.0. The Labute approximate surface area is 108 Å². The molecule has 0 atom stereocenters. The SMILES string of the molecule is COCNC(=O)c1ccc2cc(Br)ccc2c1. The molecule has 0 aliphatic rings. The fourth-order valence-electron chi connectivity index (χ4n) is 1.60. The quantitative estimate of drug-likeness (QED) is 0.884. The van der Waals surface area contributed by atoms with Crippen molar-refractivity contribution >= 4 is 32.6 Å². The number of fused-ring (bicyclic) bond motifs is 1. The molecule has 88 valence electrons. The van der Waals surface area contributed by atoms with Gasteiger partial charge in [-0.1, -0.05) is 28.1 Å². The molecular weight excluding hydrogens is 282 g/mol. The number of ether oxygens (including phenoxy) is 1. The van der Waals surface area contributed by atoms with Crippen LogP contribution in [0.15, 0.2) is 40.9 Å². The highest BCUT2D eigenvalue weighted by molar-refractivity contribution is 9.10. The van der Waals surface area contributed by atoms with E-state index in [9.17, 15) is 4.79 Å². The molecule has 0 aromatic heterocycles. The smallest absolute Gasteiger partial charge is 0.253 e. The van der Waals surface area contributed by atoms with E-state index in [1.807, 2.05) is 30.3 Å². The van der Waals surface area contributed by atoms with Crippen molar-refractivity contribution in [3.63, 3.8) is 0 Å². The average molecular weight is 294 g/mol. The minimum Gasteiger partial charge on any atom is -0.364 e. The van der Waals surface area contributed by atoms with E-state index in [2.05, 4.69) is 21.2 Å². The van der Waals surface area contributed by atoms with Gasteiger partial charge in [-0.3, -0.25) is 4.79 Å². The van der Waals surface area contributed by atoms with Gasteiger partial charge in [0.05, 0.1) is 0 Å². The fraction of sp³-hybridized carbons (Fsp3) is 0.154. The van der Waals surface area contributed by atoms with Crippen LogP contribution in [0.1, 0.15) is 10.4 Å². The third kappa shape index (κ3) is 2.84. The molecule has 1 amide bonds. The summed E-state index contributed by atoms with van der Waals surface area (Å²) in [6, 6.07) is 11.6. The van der Waals surface area contributed by atoms with E-state index < -0.39 is 0 Å². The number of rotatable bonds is 3. The second kappa shape index (κ2) is 5.29. The highest BCUT2D eigenvalue weighted by atomic mass is 79.9. The first kappa shape index (κ1) is 12.1. The molecule has 2 aromatic rings. The van der Waals surface area contributed by atoms with Gasteiger partial charge in [0.2, 0.25) is 0 Å². The molecular formula is C13H12BrNO2. The first-order valence-corrected chi connectivity index (χ1v) is 5.96. The molecule has 0 aliphatic heterocycles. The molecule has 0 spiro atoms. The second-order valence-corrected chi connectivity index (χ2v) is 4.56. The Balaban J connectivity index is 2.31. The number of hydrogen-bond acceptors (Lipinski definition) is 2. The topological polar surface area (TPSA) is 38.3 Å². The van der Waals surface area contributed by atoms with E-state index in [0.29, 0.717) is 5.56 Å². The van der Waals surface area contributed by atoms with Crippen LogP contribution < -0.4 is 5.32 Å². The van der Waals surface area contributed by atoms with E-state index in [1.54, 1.807) is 6.07 Å².